The highest BCUT2D eigenvalue weighted by atomic mass is 32.2. The molecule has 0 saturated carbocycles. The van der Waals surface area contributed by atoms with E-state index in [0.29, 0.717) is 0 Å². The SMILES string of the molecule is CC(O)C(O)C(O)C(O)C=O.CCSCC. The number of aldehydes is 1. The Balaban J connectivity index is 0. The standard InChI is InChI=1S/C6H12O5.C4H10S/c1-3(8)5(10)6(11)4(9)2-7;1-3-5-4-2/h2-6,8-11H,1H3;3-4H2,1-2H3. The number of carbonyl (C=O) groups excluding carboxylic acids is 1. The molecule has 0 fully saturated rings. The van der Waals surface area contributed by atoms with E-state index in [4.69, 9.17) is 20.4 Å². The Kier molecular flexibility index (Phi) is 12.9. The van der Waals surface area contributed by atoms with Crippen LogP contribution in [0.5, 0.6) is 0 Å². The van der Waals surface area contributed by atoms with Crippen LogP contribution in [0.3, 0.4) is 0 Å². The van der Waals surface area contributed by atoms with Crippen molar-refractivity contribution < 1.29 is 25.2 Å². The van der Waals surface area contributed by atoms with Crippen LogP contribution in [0.25, 0.3) is 0 Å². The van der Waals surface area contributed by atoms with Gasteiger partial charge in [-0.3, -0.25) is 0 Å². The van der Waals surface area contributed by atoms with Gasteiger partial charge in [0, 0.05) is 0 Å². The number of rotatable bonds is 6. The first-order valence-electron chi connectivity index (χ1n) is 5.17. The molecular weight excluding hydrogens is 232 g/mol. The second-order valence-corrected chi connectivity index (χ2v) is 4.69. The summed E-state index contributed by atoms with van der Waals surface area (Å²) in [5.74, 6) is 2.52. The molecule has 4 N–H and O–H groups in total. The van der Waals surface area contributed by atoms with E-state index in [0.717, 1.165) is 0 Å². The summed E-state index contributed by atoms with van der Waals surface area (Å²) in [7, 11) is 0. The lowest BCUT2D eigenvalue weighted by Gasteiger charge is -2.21. The van der Waals surface area contributed by atoms with E-state index in [-0.39, 0.29) is 6.29 Å². The van der Waals surface area contributed by atoms with Crippen LogP contribution in [0, 0.1) is 0 Å². The number of hydrogen-bond donors (Lipinski definition) is 4. The van der Waals surface area contributed by atoms with Gasteiger partial charge in [0.25, 0.3) is 0 Å². The first-order valence-corrected chi connectivity index (χ1v) is 6.33. The van der Waals surface area contributed by atoms with Crippen molar-refractivity contribution in [2.24, 2.45) is 0 Å². The first-order chi connectivity index (χ1) is 7.42. The molecule has 5 nitrogen and oxygen atoms in total. The van der Waals surface area contributed by atoms with Gasteiger partial charge < -0.3 is 25.2 Å². The van der Waals surface area contributed by atoms with Crippen molar-refractivity contribution in [3.8, 4) is 0 Å². The van der Waals surface area contributed by atoms with Gasteiger partial charge in [0.1, 0.15) is 18.3 Å². The van der Waals surface area contributed by atoms with Crippen molar-refractivity contribution in [1.82, 2.24) is 0 Å². The molecule has 0 spiro atoms. The summed E-state index contributed by atoms with van der Waals surface area (Å²) < 4.78 is 0. The quantitative estimate of drug-likeness (QED) is 0.473. The minimum Gasteiger partial charge on any atom is -0.391 e. The van der Waals surface area contributed by atoms with Crippen molar-refractivity contribution in [2.75, 3.05) is 11.5 Å². The van der Waals surface area contributed by atoms with Crippen molar-refractivity contribution in [2.45, 2.75) is 45.2 Å². The van der Waals surface area contributed by atoms with Crippen LogP contribution < -0.4 is 0 Å². The van der Waals surface area contributed by atoms with Gasteiger partial charge in [-0.2, -0.15) is 11.8 Å². The van der Waals surface area contributed by atoms with Gasteiger partial charge in [-0.15, -0.1) is 0 Å². The Bertz CT molecular complexity index is 163. The third-order valence-electron chi connectivity index (χ3n) is 1.74. The number of aliphatic hydroxyl groups is 4. The third kappa shape index (κ3) is 9.11. The normalized spacial score (nSPS) is 17.7. The van der Waals surface area contributed by atoms with Crippen molar-refractivity contribution >= 4 is 18.0 Å². The van der Waals surface area contributed by atoms with E-state index < -0.39 is 24.4 Å². The minimum atomic E-state index is -1.65. The Morgan fingerprint density at radius 1 is 1.06 bits per heavy atom. The lowest BCUT2D eigenvalue weighted by Crippen LogP contribution is -2.43. The largest absolute Gasteiger partial charge is 0.391 e. The molecule has 0 aliphatic carbocycles. The van der Waals surface area contributed by atoms with Gasteiger partial charge >= 0.3 is 0 Å². The second-order valence-electron chi connectivity index (χ2n) is 3.13. The predicted octanol–water partition coefficient (Wildman–Crippen LogP) is -0.592. The zero-order valence-corrected chi connectivity index (χ0v) is 10.7. The molecule has 6 heteroatoms. The average molecular weight is 254 g/mol. The monoisotopic (exact) mass is 254 g/mol. The van der Waals surface area contributed by atoms with Crippen LogP contribution in [0.4, 0.5) is 0 Å². The zero-order valence-electron chi connectivity index (χ0n) is 9.91. The van der Waals surface area contributed by atoms with Crippen LogP contribution in [0.2, 0.25) is 0 Å². The zero-order chi connectivity index (χ0) is 13.1. The summed E-state index contributed by atoms with van der Waals surface area (Å²) >= 11 is 1.96. The Labute approximate surface area is 100 Å². The first kappa shape index (κ1) is 18.2. The summed E-state index contributed by atoms with van der Waals surface area (Å²) in [5, 5.41) is 35.1. The molecule has 0 amide bonds. The van der Waals surface area contributed by atoms with Crippen molar-refractivity contribution in [3.05, 3.63) is 0 Å². The van der Waals surface area contributed by atoms with Crippen LogP contribution in [-0.2, 0) is 4.79 Å². The maximum Gasteiger partial charge on any atom is 0.151 e. The van der Waals surface area contributed by atoms with Gasteiger partial charge in [0.15, 0.2) is 6.29 Å². The minimum absolute atomic E-state index is 0.0935. The molecule has 0 aromatic heterocycles. The van der Waals surface area contributed by atoms with E-state index in [1.54, 1.807) is 0 Å². The molecule has 16 heavy (non-hydrogen) atoms. The maximum atomic E-state index is 9.87. The summed E-state index contributed by atoms with van der Waals surface area (Å²) in [6.07, 6.45) is -5.88. The van der Waals surface area contributed by atoms with Crippen LogP contribution in [0.15, 0.2) is 0 Å². The molecule has 0 aromatic carbocycles. The van der Waals surface area contributed by atoms with Gasteiger partial charge in [0.05, 0.1) is 6.10 Å². The average Bonchev–Trinajstić information content (AvgIpc) is 2.27. The van der Waals surface area contributed by atoms with Gasteiger partial charge in [-0.25, -0.2) is 0 Å². The topological polar surface area (TPSA) is 98.0 Å². The van der Waals surface area contributed by atoms with Gasteiger partial charge in [-0.1, -0.05) is 13.8 Å². The molecule has 0 radical (unpaired) electrons. The number of aliphatic hydroxyl groups excluding tert-OH is 4. The lowest BCUT2D eigenvalue weighted by atomic mass is 10.1. The molecule has 4 atom stereocenters. The molecule has 4 unspecified atom stereocenters. The van der Waals surface area contributed by atoms with Crippen LogP contribution in [-0.4, -0.2) is 62.6 Å². The highest BCUT2D eigenvalue weighted by Crippen LogP contribution is 2.02. The van der Waals surface area contributed by atoms with Crippen LogP contribution >= 0.6 is 11.8 Å². The van der Waals surface area contributed by atoms with E-state index in [2.05, 4.69) is 13.8 Å². The Hall–Kier alpha value is -0.140. The molecule has 0 bridgehead atoms. The summed E-state index contributed by atoms with van der Waals surface area (Å²) in [5.41, 5.74) is 0. The van der Waals surface area contributed by atoms with Crippen molar-refractivity contribution in [3.63, 3.8) is 0 Å². The summed E-state index contributed by atoms with van der Waals surface area (Å²) in [6.45, 7) is 5.59. The second kappa shape index (κ2) is 11.3. The molecular formula is C10H22O5S. The maximum absolute atomic E-state index is 9.87. The fourth-order valence-corrected chi connectivity index (χ4v) is 1.18. The highest BCUT2D eigenvalue weighted by Gasteiger charge is 2.27. The van der Waals surface area contributed by atoms with E-state index in [1.165, 1.54) is 18.4 Å². The fraction of sp³-hybridized carbons (Fsp3) is 0.900. The van der Waals surface area contributed by atoms with E-state index >= 15 is 0 Å². The lowest BCUT2D eigenvalue weighted by molar-refractivity contribution is -0.132. The van der Waals surface area contributed by atoms with E-state index in [9.17, 15) is 4.79 Å². The van der Waals surface area contributed by atoms with Crippen molar-refractivity contribution in [1.29, 1.82) is 0 Å². The molecule has 0 heterocycles. The number of hydrogen-bond acceptors (Lipinski definition) is 6. The number of carbonyl (C=O) groups is 1. The number of thioether (sulfide) groups is 1. The van der Waals surface area contributed by atoms with Gasteiger partial charge in [-0.05, 0) is 18.4 Å². The molecule has 0 aromatic rings. The van der Waals surface area contributed by atoms with Gasteiger partial charge in [0.2, 0.25) is 0 Å². The molecule has 0 aliphatic heterocycles. The van der Waals surface area contributed by atoms with E-state index in [1.807, 2.05) is 11.8 Å². The fourth-order valence-electron chi connectivity index (χ4n) is 0.772. The smallest absolute Gasteiger partial charge is 0.151 e. The molecule has 0 rings (SSSR count). The highest BCUT2D eigenvalue weighted by molar-refractivity contribution is 7.99. The summed E-state index contributed by atoms with van der Waals surface area (Å²) in [4.78, 5) is 9.87. The Morgan fingerprint density at radius 3 is 1.69 bits per heavy atom. The third-order valence-corrected chi connectivity index (χ3v) is 2.56. The molecule has 98 valence electrons. The Morgan fingerprint density at radius 2 is 1.50 bits per heavy atom. The van der Waals surface area contributed by atoms with Crippen LogP contribution in [0.1, 0.15) is 20.8 Å². The molecule has 0 saturated heterocycles. The molecule has 0 aliphatic rings. The predicted molar refractivity (Wildman–Crippen MR) is 64.4 cm³/mol. The summed E-state index contributed by atoms with van der Waals surface area (Å²) in [6, 6.07) is 0.